The summed E-state index contributed by atoms with van der Waals surface area (Å²) < 4.78 is 55.0. The van der Waals surface area contributed by atoms with Gasteiger partial charge in [0.05, 0.1) is 19.4 Å². The number of alkyl halides is 4. The SMILES string of the molecule is CCC(C(=O)N[C@@H](CC(=O)OCCC(F)(F)F)C(=O)CF)n1ccc2ccc(Cl)cc2c1=O. The second-order valence-corrected chi connectivity index (χ2v) is 7.57. The summed E-state index contributed by atoms with van der Waals surface area (Å²) in [4.78, 5) is 49.4. The molecule has 0 bridgehead atoms. The van der Waals surface area contributed by atoms with E-state index in [0.29, 0.717) is 10.4 Å². The molecule has 2 atom stereocenters. The summed E-state index contributed by atoms with van der Waals surface area (Å²) >= 11 is 5.94. The van der Waals surface area contributed by atoms with Crippen LogP contribution in [0.25, 0.3) is 10.8 Å². The molecule has 0 aliphatic carbocycles. The van der Waals surface area contributed by atoms with Crippen LogP contribution >= 0.6 is 11.6 Å². The summed E-state index contributed by atoms with van der Waals surface area (Å²) in [7, 11) is 0. The Hall–Kier alpha value is -2.95. The zero-order chi connectivity index (χ0) is 24.8. The van der Waals surface area contributed by atoms with Crippen LogP contribution in [0.2, 0.25) is 5.02 Å². The van der Waals surface area contributed by atoms with Crippen molar-refractivity contribution < 1.29 is 36.7 Å². The van der Waals surface area contributed by atoms with Crippen LogP contribution in [0.5, 0.6) is 0 Å². The fraction of sp³-hybridized carbons (Fsp3) is 0.429. The van der Waals surface area contributed by atoms with Crippen LogP contribution in [0, 0.1) is 0 Å². The number of fused-ring (bicyclic) bond motifs is 1. The van der Waals surface area contributed by atoms with Crippen molar-refractivity contribution in [3.63, 3.8) is 0 Å². The summed E-state index contributed by atoms with van der Waals surface area (Å²) in [5.41, 5.74) is -0.531. The number of ether oxygens (including phenoxy) is 1. The number of amides is 1. The molecule has 0 fully saturated rings. The molecule has 1 unspecified atom stereocenters. The lowest BCUT2D eigenvalue weighted by atomic mass is 10.1. The highest BCUT2D eigenvalue weighted by Gasteiger charge is 2.30. The van der Waals surface area contributed by atoms with Gasteiger partial charge in [-0.3, -0.25) is 19.2 Å². The van der Waals surface area contributed by atoms with Gasteiger partial charge >= 0.3 is 12.1 Å². The molecular weight excluding hydrogens is 472 g/mol. The van der Waals surface area contributed by atoms with E-state index in [0.717, 1.165) is 4.57 Å². The topological polar surface area (TPSA) is 94.5 Å². The zero-order valence-electron chi connectivity index (χ0n) is 17.5. The van der Waals surface area contributed by atoms with Crippen molar-refractivity contribution in [2.24, 2.45) is 0 Å². The molecule has 0 aliphatic rings. The second kappa shape index (κ2) is 11.3. The van der Waals surface area contributed by atoms with Crippen molar-refractivity contribution in [2.75, 3.05) is 13.3 Å². The fourth-order valence-electron chi connectivity index (χ4n) is 3.09. The van der Waals surface area contributed by atoms with Crippen molar-refractivity contribution in [1.29, 1.82) is 0 Å². The number of rotatable bonds is 10. The fourth-order valence-corrected chi connectivity index (χ4v) is 3.26. The minimum absolute atomic E-state index is 0.102. The third kappa shape index (κ3) is 7.28. The number of nitrogens with one attached hydrogen (secondary N) is 1. The minimum atomic E-state index is -4.55. The van der Waals surface area contributed by atoms with Crippen molar-refractivity contribution >= 4 is 40.0 Å². The van der Waals surface area contributed by atoms with Gasteiger partial charge in [-0.05, 0) is 30.0 Å². The number of esters is 1. The summed E-state index contributed by atoms with van der Waals surface area (Å²) in [6.07, 6.45) is -5.31. The summed E-state index contributed by atoms with van der Waals surface area (Å²) in [6, 6.07) is 3.47. The number of pyridine rings is 1. The Morgan fingerprint density at radius 2 is 1.91 bits per heavy atom. The minimum Gasteiger partial charge on any atom is -0.465 e. The molecule has 0 radical (unpaired) electrons. The Labute approximate surface area is 190 Å². The number of nitrogens with zero attached hydrogens (tertiary/aromatic N) is 1. The van der Waals surface area contributed by atoms with Gasteiger partial charge in [-0.2, -0.15) is 13.2 Å². The van der Waals surface area contributed by atoms with Gasteiger partial charge in [0.15, 0.2) is 5.78 Å². The van der Waals surface area contributed by atoms with Gasteiger partial charge in [-0.25, -0.2) is 4.39 Å². The summed E-state index contributed by atoms with van der Waals surface area (Å²) in [5.74, 6) is -3.23. The number of carbonyl (C=O) groups is 3. The maximum absolute atomic E-state index is 13.0. The maximum atomic E-state index is 13.0. The zero-order valence-corrected chi connectivity index (χ0v) is 18.2. The number of carbonyl (C=O) groups excluding carboxylic acids is 3. The van der Waals surface area contributed by atoms with Gasteiger partial charge in [-0.1, -0.05) is 24.6 Å². The Morgan fingerprint density at radius 1 is 1.21 bits per heavy atom. The third-order valence-corrected chi connectivity index (χ3v) is 5.01. The normalized spacial score (nSPS) is 13.4. The van der Waals surface area contributed by atoms with E-state index in [1.54, 1.807) is 25.1 Å². The quantitative estimate of drug-likeness (QED) is 0.404. The average molecular weight is 493 g/mol. The number of aromatic nitrogens is 1. The van der Waals surface area contributed by atoms with E-state index in [-0.39, 0.29) is 11.8 Å². The van der Waals surface area contributed by atoms with E-state index >= 15 is 0 Å². The molecule has 1 N–H and O–H groups in total. The first-order chi connectivity index (χ1) is 15.5. The highest BCUT2D eigenvalue weighted by molar-refractivity contribution is 6.31. The summed E-state index contributed by atoms with van der Waals surface area (Å²) in [5, 5.41) is 3.35. The van der Waals surface area contributed by atoms with Crippen LogP contribution < -0.4 is 10.9 Å². The largest absolute Gasteiger partial charge is 0.465 e. The first-order valence-electron chi connectivity index (χ1n) is 9.88. The highest BCUT2D eigenvalue weighted by Crippen LogP contribution is 2.20. The molecule has 180 valence electrons. The Kier molecular flexibility index (Phi) is 8.98. The van der Waals surface area contributed by atoms with Gasteiger partial charge in [0, 0.05) is 16.6 Å². The molecule has 33 heavy (non-hydrogen) atoms. The first kappa shape index (κ1) is 26.3. The Morgan fingerprint density at radius 3 is 2.52 bits per heavy atom. The Balaban J connectivity index is 2.19. The van der Waals surface area contributed by atoms with Gasteiger partial charge in [0.2, 0.25) is 5.91 Å². The van der Waals surface area contributed by atoms with Crippen molar-refractivity contribution in [3.05, 3.63) is 45.8 Å². The van der Waals surface area contributed by atoms with E-state index in [2.05, 4.69) is 10.1 Å². The van der Waals surface area contributed by atoms with E-state index in [4.69, 9.17) is 11.6 Å². The van der Waals surface area contributed by atoms with Crippen LogP contribution in [-0.2, 0) is 19.1 Å². The monoisotopic (exact) mass is 492 g/mol. The molecule has 12 heteroatoms. The van der Waals surface area contributed by atoms with E-state index in [9.17, 15) is 36.7 Å². The van der Waals surface area contributed by atoms with Crippen molar-refractivity contribution in [1.82, 2.24) is 9.88 Å². The number of benzene rings is 1. The molecule has 0 saturated heterocycles. The average Bonchev–Trinajstić information content (AvgIpc) is 2.74. The highest BCUT2D eigenvalue weighted by atomic mass is 35.5. The molecule has 1 amide bonds. The summed E-state index contributed by atoms with van der Waals surface area (Å²) in [6.45, 7) is -0.901. The molecule has 0 saturated carbocycles. The molecule has 0 spiro atoms. The van der Waals surface area contributed by atoms with Crippen LogP contribution in [0.1, 0.15) is 32.2 Å². The van der Waals surface area contributed by atoms with E-state index in [1.165, 1.54) is 12.3 Å². The standard InChI is InChI=1S/C21H21ClF4N2O5/c1-2-16(28-7-5-12-3-4-13(22)9-14(12)20(28)32)19(31)27-15(17(29)11-23)10-18(30)33-8-6-21(24,25)26/h3-5,7,9,15-16H,2,6,8,10-11H2,1H3,(H,27,31)/t15-,16?/m0/s1. The predicted molar refractivity (Wildman–Crippen MR) is 112 cm³/mol. The molecule has 7 nitrogen and oxygen atoms in total. The molecule has 1 aromatic carbocycles. The molecule has 0 aliphatic heterocycles. The van der Waals surface area contributed by atoms with E-state index in [1.807, 2.05) is 0 Å². The van der Waals surface area contributed by atoms with Crippen LogP contribution in [0.3, 0.4) is 0 Å². The van der Waals surface area contributed by atoms with Gasteiger partial charge < -0.3 is 14.6 Å². The number of ketones is 1. The van der Waals surface area contributed by atoms with Crippen LogP contribution in [-0.4, -0.2) is 47.7 Å². The lowest BCUT2D eigenvalue weighted by Crippen LogP contribution is -2.47. The third-order valence-electron chi connectivity index (χ3n) is 4.78. The van der Waals surface area contributed by atoms with Gasteiger partial charge in [0.1, 0.15) is 18.8 Å². The van der Waals surface area contributed by atoms with Gasteiger partial charge in [-0.15, -0.1) is 0 Å². The smallest absolute Gasteiger partial charge is 0.392 e. The maximum Gasteiger partial charge on any atom is 0.392 e. The predicted octanol–water partition coefficient (Wildman–Crippen LogP) is 3.52. The van der Waals surface area contributed by atoms with Gasteiger partial charge in [0.25, 0.3) is 5.56 Å². The second-order valence-electron chi connectivity index (χ2n) is 7.13. The first-order valence-corrected chi connectivity index (χ1v) is 10.3. The van der Waals surface area contributed by atoms with Crippen molar-refractivity contribution in [2.45, 2.75) is 44.4 Å². The molecule has 2 rings (SSSR count). The Bertz CT molecular complexity index is 1090. The number of halogens is 5. The number of hydrogen-bond donors (Lipinski definition) is 1. The number of Topliss-reactive ketones (excluding diaryl/α,β-unsaturated/α-hetero) is 1. The molecular formula is C21H21ClF4N2O5. The lowest BCUT2D eigenvalue weighted by molar-refractivity contribution is -0.160. The number of hydrogen-bond acceptors (Lipinski definition) is 5. The molecule has 1 aromatic heterocycles. The lowest BCUT2D eigenvalue weighted by Gasteiger charge is -2.22. The van der Waals surface area contributed by atoms with E-state index < -0.39 is 67.6 Å². The van der Waals surface area contributed by atoms with Crippen LogP contribution in [0.4, 0.5) is 17.6 Å². The van der Waals surface area contributed by atoms with Crippen molar-refractivity contribution in [3.8, 4) is 0 Å². The van der Waals surface area contributed by atoms with Crippen LogP contribution in [0.15, 0.2) is 35.3 Å². The molecule has 1 heterocycles. The molecule has 2 aromatic rings.